The zero-order chi connectivity index (χ0) is 16.5. The van der Waals surface area contributed by atoms with Crippen molar-refractivity contribution in [3.8, 4) is 5.75 Å². The van der Waals surface area contributed by atoms with Crippen molar-refractivity contribution in [2.24, 2.45) is 0 Å². The molecule has 1 unspecified atom stereocenters. The van der Waals surface area contributed by atoms with Crippen LogP contribution in [0, 0.1) is 0 Å². The molecule has 0 spiro atoms. The third-order valence-electron chi connectivity index (χ3n) is 3.41. The first kappa shape index (κ1) is 16.3. The highest BCUT2D eigenvalue weighted by molar-refractivity contribution is 7.92. The largest absolute Gasteiger partial charge is 0.486 e. The van der Waals surface area contributed by atoms with Gasteiger partial charge in [-0.2, -0.15) is 0 Å². The number of hydrogen-bond acceptors (Lipinski definition) is 5. The number of carboxylic acids is 1. The van der Waals surface area contributed by atoms with Crippen LogP contribution in [0.2, 0.25) is 0 Å². The Hall–Kier alpha value is -2.09. The highest BCUT2D eigenvalue weighted by Gasteiger charge is 2.29. The molecule has 1 aromatic rings. The fourth-order valence-electron chi connectivity index (χ4n) is 2.28. The average Bonchev–Trinajstić information content (AvgIpc) is 2.43. The van der Waals surface area contributed by atoms with Crippen molar-refractivity contribution in [1.82, 2.24) is 0 Å². The van der Waals surface area contributed by atoms with Crippen molar-refractivity contribution in [2.75, 3.05) is 17.2 Å². The van der Waals surface area contributed by atoms with E-state index in [1.807, 2.05) is 6.92 Å². The Morgan fingerprint density at radius 2 is 2.09 bits per heavy atom. The molecule has 1 N–H and O–H groups in total. The van der Waals surface area contributed by atoms with Gasteiger partial charge in [0.15, 0.2) is 15.6 Å². The van der Waals surface area contributed by atoms with E-state index < -0.39 is 21.6 Å². The van der Waals surface area contributed by atoms with Crippen molar-refractivity contribution in [1.29, 1.82) is 0 Å². The maximum absolute atomic E-state index is 12.0. The van der Waals surface area contributed by atoms with Gasteiger partial charge in [0.1, 0.15) is 11.9 Å². The van der Waals surface area contributed by atoms with Gasteiger partial charge in [-0.1, -0.05) is 6.92 Å². The van der Waals surface area contributed by atoms with Crippen LogP contribution in [-0.2, 0) is 19.4 Å². The fraction of sp³-hybridized carbons (Fsp3) is 0.429. The molecule has 2 rings (SSSR count). The van der Waals surface area contributed by atoms with Crippen LogP contribution in [0.4, 0.5) is 5.69 Å². The number of sulfone groups is 1. The number of carboxylic acid groups (broad SMARTS) is 1. The van der Waals surface area contributed by atoms with Gasteiger partial charge in [0.25, 0.3) is 0 Å². The molecule has 120 valence electrons. The second kappa shape index (κ2) is 5.96. The smallest absolute Gasteiger partial charge is 0.319 e. The molecule has 0 radical (unpaired) electrons. The molecule has 0 saturated carbocycles. The zero-order valence-electron chi connectivity index (χ0n) is 12.3. The van der Waals surface area contributed by atoms with Crippen LogP contribution in [0.25, 0.3) is 0 Å². The van der Waals surface area contributed by atoms with Crippen LogP contribution in [0.5, 0.6) is 5.75 Å². The summed E-state index contributed by atoms with van der Waals surface area (Å²) >= 11 is 0. The van der Waals surface area contributed by atoms with Gasteiger partial charge in [0, 0.05) is 6.92 Å². The number of anilines is 1. The number of ether oxygens (including phenoxy) is 1. The Kier molecular flexibility index (Phi) is 4.41. The van der Waals surface area contributed by atoms with Crippen LogP contribution >= 0.6 is 0 Å². The highest BCUT2D eigenvalue weighted by atomic mass is 32.2. The second-order valence-corrected chi connectivity index (χ2v) is 7.05. The summed E-state index contributed by atoms with van der Waals surface area (Å²) in [6, 6.07) is 4.05. The van der Waals surface area contributed by atoms with Crippen molar-refractivity contribution in [3.63, 3.8) is 0 Å². The van der Waals surface area contributed by atoms with Crippen LogP contribution in [0.1, 0.15) is 20.3 Å². The van der Waals surface area contributed by atoms with Gasteiger partial charge < -0.3 is 14.7 Å². The number of hydrogen-bond donors (Lipinski definition) is 1. The van der Waals surface area contributed by atoms with Gasteiger partial charge in [-0.15, -0.1) is 0 Å². The molecule has 1 heterocycles. The molecule has 0 fully saturated rings. The van der Waals surface area contributed by atoms with E-state index in [9.17, 15) is 18.0 Å². The SMILES string of the molecule is CCC1CN(C(C)=O)c2cc(S(=O)(=O)CC(=O)O)ccc2O1. The molecule has 1 atom stereocenters. The van der Waals surface area contributed by atoms with Gasteiger partial charge in [-0.05, 0) is 24.6 Å². The summed E-state index contributed by atoms with van der Waals surface area (Å²) in [5.41, 5.74) is 0.351. The summed E-state index contributed by atoms with van der Waals surface area (Å²) in [6.45, 7) is 3.65. The monoisotopic (exact) mass is 327 g/mol. The molecular weight excluding hydrogens is 310 g/mol. The zero-order valence-corrected chi connectivity index (χ0v) is 13.1. The molecule has 0 saturated heterocycles. The molecule has 8 heteroatoms. The Morgan fingerprint density at radius 1 is 1.41 bits per heavy atom. The molecule has 1 aliphatic heterocycles. The van der Waals surface area contributed by atoms with E-state index in [0.29, 0.717) is 24.4 Å². The van der Waals surface area contributed by atoms with Crippen molar-refractivity contribution in [2.45, 2.75) is 31.3 Å². The normalized spacial score (nSPS) is 17.5. The number of rotatable bonds is 4. The molecule has 0 aliphatic carbocycles. The third kappa shape index (κ3) is 3.22. The number of carbonyl (C=O) groups excluding carboxylic acids is 1. The molecule has 22 heavy (non-hydrogen) atoms. The Bertz CT molecular complexity index is 712. The number of aliphatic carboxylic acids is 1. The van der Waals surface area contributed by atoms with Gasteiger partial charge in [-0.25, -0.2) is 8.42 Å². The second-order valence-electron chi connectivity index (χ2n) is 5.06. The number of benzene rings is 1. The number of carbonyl (C=O) groups is 2. The summed E-state index contributed by atoms with van der Waals surface area (Å²) in [7, 11) is -3.95. The molecule has 7 nitrogen and oxygen atoms in total. The first-order valence-corrected chi connectivity index (χ1v) is 8.43. The lowest BCUT2D eigenvalue weighted by Gasteiger charge is -2.34. The third-order valence-corrected chi connectivity index (χ3v) is 5.01. The molecule has 1 aromatic carbocycles. The molecule has 1 amide bonds. The topological polar surface area (TPSA) is 101 Å². The number of amides is 1. The first-order valence-electron chi connectivity index (χ1n) is 6.78. The van der Waals surface area contributed by atoms with Crippen LogP contribution in [0.15, 0.2) is 23.1 Å². The van der Waals surface area contributed by atoms with Crippen molar-refractivity contribution >= 4 is 27.4 Å². The van der Waals surface area contributed by atoms with Gasteiger partial charge in [-0.3, -0.25) is 9.59 Å². The predicted octanol–water partition coefficient (Wildman–Crippen LogP) is 1.07. The summed E-state index contributed by atoms with van der Waals surface area (Å²) in [6.07, 6.45) is 0.556. The minimum atomic E-state index is -3.95. The van der Waals surface area contributed by atoms with Crippen LogP contribution in [0.3, 0.4) is 0 Å². The van der Waals surface area contributed by atoms with E-state index in [-0.39, 0.29) is 16.9 Å². The Morgan fingerprint density at radius 3 is 2.64 bits per heavy atom. The summed E-state index contributed by atoms with van der Waals surface area (Å²) < 4.78 is 29.7. The van der Waals surface area contributed by atoms with Gasteiger partial charge in [0.05, 0.1) is 17.1 Å². The summed E-state index contributed by atoms with van der Waals surface area (Å²) in [5.74, 6) is -2.23. The number of nitrogens with zero attached hydrogens (tertiary/aromatic N) is 1. The predicted molar refractivity (Wildman–Crippen MR) is 78.9 cm³/mol. The van der Waals surface area contributed by atoms with Gasteiger partial charge >= 0.3 is 5.97 Å². The van der Waals surface area contributed by atoms with Gasteiger partial charge in [0.2, 0.25) is 5.91 Å². The lowest BCUT2D eigenvalue weighted by atomic mass is 10.1. The van der Waals surface area contributed by atoms with E-state index in [1.165, 1.54) is 30.0 Å². The maximum atomic E-state index is 12.0. The molecular formula is C14H17NO6S. The van der Waals surface area contributed by atoms with E-state index in [1.54, 1.807) is 0 Å². The van der Waals surface area contributed by atoms with Crippen LogP contribution < -0.4 is 9.64 Å². The lowest BCUT2D eigenvalue weighted by Crippen LogP contribution is -2.42. The average molecular weight is 327 g/mol. The van der Waals surface area contributed by atoms with Crippen molar-refractivity contribution in [3.05, 3.63) is 18.2 Å². The Labute approximate surface area is 128 Å². The molecule has 0 bridgehead atoms. The molecule has 0 aromatic heterocycles. The van der Waals surface area contributed by atoms with E-state index in [4.69, 9.17) is 9.84 Å². The highest BCUT2D eigenvalue weighted by Crippen LogP contribution is 2.36. The van der Waals surface area contributed by atoms with E-state index >= 15 is 0 Å². The van der Waals surface area contributed by atoms with Crippen LogP contribution in [-0.4, -0.2) is 43.8 Å². The first-order chi connectivity index (χ1) is 10.2. The molecule has 1 aliphatic rings. The Balaban J connectivity index is 2.47. The van der Waals surface area contributed by atoms with Crippen molar-refractivity contribution < 1.29 is 27.9 Å². The summed E-state index contributed by atoms with van der Waals surface area (Å²) in [4.78, 5) is 23.8. The minimum absolute atomic E-state index is 0.140. The standard InChI is InChI=1S/C14H17NO6S/c1-3-10-7-15(9(2)16)12-6-11(4-5-13(12)21-10)22(19,20)8-14(17)18/h4-6,10H,3,7-8H2,1-2H3,(H,17,18). The fourth-order valence-corrected chi connectivity index (χ4v) is 3.33. The van der Waals surface area contributed by atoms with E-state index in [0.717, 1.165) is 0 Å². The maximum Gasteiger partial charge on any atom is 0.319 e. The summed E-state index contributed by atoms with van der Waals surface area (Å²) in [5, 5.41) is 8.69. The number of fused-ring (bicyclic) bond motifs is 1. The quantitative estimate of drug-likeness (QED) is 0.887. The van der Waals surface area contributed by atoms with E-state index in [2.05, 4.69) is 0 Å². The minimum Gasteiger partial charge on any atom is -0.486 e. The lowest BCUT2D eigenvalue weighted by molar-refractivity contribution is -0.134.